The van der Waals surface area contributed by atoms with E-state index in [1.54, 1.807) is 0 Å². The molecule has 0 saturated carbocycles. The zero-order valence-electron chi connectivity index (χ0n) is 18.2. The standard InChI is InChI=1S/C25H33N3O2/c1-17(2)14-18-10-12-28(13-11-18)25(30)20-7-5-6-19(15-20)16-23-21-8-3-4-9-22(21)24(29)27-26-23/h5-7,15,17-18H,3-4,8-14,16H2,1-2H3,(H,27,29). The number of likely N-dealkylation sites (tertiary alicyclic amines) is 1. The zero-order valence-corrected chi connectivity index (χ0v) is 18.2. The summed E-state index contributed by atoms with van der Waals surface area (Å²) in [5.41, 5.74) is 4.76. The average molecular weight is 408 g/mol. The molecule has 1 aliphatic heterocycles. The minimum Gasteiger partial charge on any atom is -0.339 e. The molecule has 1 amide bonds. The number of nitrogens with zero attached hydrogens (tertiary/aromatic N) is 2. The number of fused-ring (bicyclic) bond motifs is 1. The largest absolute Gasteiger partial charge is 0.339 e. The van der Waals surface area contributed by atoms with Crippen molar-refractivity contribution in [3.63, 3.8) is 0 Å². The maximum atomic E-state index is 13.1. The smallest absolute Gasteiger partial charge is 0.267 e. The van der Waals surface area contributed by atoms with Crippen molar-refractivity contribution in [1.82, 2.24) is 15.1 Å². The lowest BCUT2D eigenvalue weighted by Gasteiger charge is -2.33. The first-order chi connectivity index (χ1) is 14.5. The number of hydrogen-bond acceptors (Lipinski definition) is 3. The highest BCUT2D eigenvalue weighted by Crippen LogP contribution is 2.26. The fourth-order valence-electron chi connectivity index (χ4n) is 5.10. The third kappa shape index (κ3) is 4.66. The maximum absolute atomic E-state index is 13.1. The van der Waals surface area contributed by atoms with Crippen LogP contribution in [-0.2, 0) is 19.3 Å². The molecule has 30 heavy (non-hydrogen) atoms. The van der Waals surface area contributed by atoms with E-state index >= 15 is 0 Å². The summed E-state index contributed by atoms with van der Waals surface area (Å²) in [6.07, 6.45) is 8.06. The van der Waals surface area contributed by atoms with E-state index in [0.717, 1.165) is 91.4 Å². The van der Waals surface area contributed by atoms with Crippen molar-refractivity contribution in [2.75, 3.05) is 13.1 Å². The molecule has 1 aromatic heterocycles. The summed E-state index contributed by atoms with van der Waals surface area (Å²) in [6.45, 7) is 6.26. The first-order valence-corrected chi connectivity index (χ1v) is 11.5. The van der Waals surface area contributed by atoms with Gasteiger partial charge in [0.2, 0.25) is 0 Å². The summed E-state index contributed by atoms with van der Waals surface area (Å²) < 4.78 is 0. The van der Waals surface area contributed by atoms with Crippen LogP contribution in [0.15, 0.2) is 29.1 Å². The third-order valence-electron chi connectivity index (χ3n) is 6.63. The summed E-state index contributed by atoms with van der Waals surface area (Å²) in [4.78, 5) is 27.2. The molecule has 0 unspecified atom stereocenters. The van der Waals surface area contributed by atoms with Gasteiger partial charge >= 0.3 is 0 Å². The molecule has 1 saturated heterocycles. The van der Waals surface area contributed by atoms with E-state index in [0.29, 0.717) is 6.42 Å². The van der Waals surface area contributed by atoms with Crippen molar-refractivity contribution < 1.29 is 4.79 Å². The Morgan fingerprint density at radius 2 is 1.90 bits per heavy atom. The second-order valence-electron chi connectivity index (χ2n) is 9.41. The minimum atomic E-state index is -0.0433. The number of aromatic amines is 1. The van der Waals surface area contributed by atoms with Crippen LogP contribution in [0.3, 0.4) is 0 Å². The third-order valence-corrected chi connectivity index (χ3v) is 6.63. The first-order valence-electron chi connectivity index (χ1n) is 11.5. The molecule has 160 valence electrons. The van der Waals surface area contributed by atoms with Gasteiger partial charge < -0.3 is 4.90 Å². The number of rotatable bonds is 5. The number of hydrogen-bond donors (Lipinski definition) is 1. The number of H-pyrrole nitrogens is 1. The zero-order chi connectivity index (χ0) is 21.1. The van der Waals surface area contributed by atoms with Gasteiger partial charge in [-0.3, -0.25) is 9.59 Å². The second kappa shape index (κ2) is 9.15. The summed E-state index contributed by atoms with van der Waals surface area (Å²) in [5.74, 6) is 1.61. The summed E-state index contributed by atoms with van der Waals surface area (Å²) >= 11 is 0. The average Bonchev–Trinajstić information content (AvgIpc) is 2.76. The van der Waals surface area contributed by atoms with Gasteiger partial charge in [0.1, 0.15) is 0 Å². The SMILES string of the molecule is CC(C)CC1CCN(C(=O)c2cccc(Cc3n[nH]c(=O)c4c3CCCC4)c2)CC1. The molecule has 2 aliphatic rings. The van der Waals surface area contributed by atoms with Gasteiger partial charge in [-0.1, -0.05) is 26.0 Å². The van der Waals surface area contributed by atoms with Crippen molar-refractivity contribution in [1.29, 1.82) is 0 Å². The molecular formula is C25H33N3O2. The Labute approximate surface area is 178 Å². The second-order valence-corrected chi connectivity index (χ2v) is 9.41. The van der Waals surface area contributed by atoms with Gasteiger partial charge in [-0.05, 0) is 80.0 Å². The number of aromatic nitrogens is 2. The van der Waals surface area contributed by atoms with Crippen LogP contribution in [0.4, 0.5) is 0 Å². The van der Waals surface area contributed by atoms with Crippen LogP contribution in [0, 0.1) is 11.8 Å². The van der Waals surface area contributed by atoms with Crippen LogP contribution >= 0.6 is 0 Å². The number of benzene rings is 1. The number of carbonyl (C=O) groups is 1. The number of nitrogens with one attached hydrogen (secondary N) is 1. The normalized spacial score (nSPS) is 17.2. The predicted octanol–water partition coefficient (Wildman–Crippen LogP) is 4.14. The molecular weight excluding hydrogens is 374 g/mol. The maximum Gasteiger partial charge on any atom is 0.267 e. The van der Waals surface area contributed by atoms with Crippen molar-refractivity contribution in [2.24, 2.45) is 11.8 Å². The highest BCUT2D eigenvalue weighted by atomic mass is 16.2. The lowest BCUT2D eigenvalue weighted by molar-refractivity contribution is 0.0681. The molecule has 5 nitrogen and oxygen atoms in total. The Morgan fingerprint density at radius 3 is 2.63 bits per heavy atom. The Bertz CT molecular complexity index is 955. The minimum absolute atomic E-state index is 0.0433. The van der Waals surface area contributed by atoms with E-state index in [-0.39, 0.29) is 11.5 Å². The molecule has 0 bridgehead atoms. The van der Waals surface area contributed by atoms with Gasteiger partial charge in [0.15, 0.2) is 0 Å². The Kier molecular flexibility index (Phi) is 6.35. The van der Waals surface area contributed by atoms with E-state index in [4.69, 9.17) is 0 Å². The van der Waals surface area contributed by atoms with Gasteiger partial charge in [-0.25, -0.2) is 5.10 Å². The highest BCUT2D eigenvalue weighted by molar-refractivity contribution is 5.94. The Balaban J connectivity index is 1.46. The molecule has 2 aromatic rings. The van der Waals surface area contributed by atoms with Crippen LogP contribution in [0.25, 0.3) is 0 Å². The Hall–Kier alpha value is -2.43. The van der Waals surface area contributed by atoms with Crippen LogP contribution in [0.2, 0.25) is 0 Å². The lowest BCUT2D eigenvalue weighted by Crippen LogP contribution is -2.38. The van der Waals surface area contributed by atoms with Gasteiger partial charge in [0.25, 0.3) is 11.5 Å². The van der Waals surface area contributed by atoms with Crippen LogP contribution < -0.4 is 5.56 Å². The van der Waals surface area contributed by atoms with Crippen LogP contribution in [0.1, 0.15) is 78.7 Å². The van der Waals surface area contributed by atoms with E-state index in [1.807, 2.05) is 29.2 Å². The topological polar surface area (TPSA) is 66.1 Å². The molecule has 1 aromatic carbocycles. The van der Waals surface area contributed by atoms with E-state index in [1.165, 1.54) is 6.42 Å². The number of amides is 1. The summed E-state index contributed by atoms with van der Waals surface area (Å²) in [7, 11) is 0. The Morgan fingerprint density at radius 1 is 1.17 bits per heavy atom. The van der Waals surface area contributed by atoms with Crippen molar-refractivity contribution >= 4 is 5.91 Å². The fourth-order valence-corrected chi connectivity index (χ4v) is 5.10. The predicted molar refractivity (Wildman–Crippen MR) is 119 cm³/mol. The highest BCUT2D eigenvalue weighted by Gasteiger charge is 2.24. The van der Waals surface area contributed by atoms with Gasteiger partial charge in [0.05, 0.1) is 5.69 Å². The van der Waals surface area contributed by atoms with E-state index < -0.39 is 0 Å². The van der Waals surface area contributed by atoms with E-state index in [9.17, 15) is 9.59 Å². The molecule has 0 radical (unpaired) electrons. The van der Waals surface area contributed by atoms with Crippen molar-refractivity contribution in [3.8, 4) is 0 Å². The van der Waals surface area contributed by atoms with Crippen molar-refractivity contribution in [2.45, 2.75) is 65.2 Å². The van der Waals surface area contributed by atoms with Crippen LogP contribution in [-0.4, -0.2) is 34.1 Å². The molecule has 5 heteroatoms. The molecule has 2 heterocycles. The van der Waals surface area contributed by atoms with E-state index in [2.05, 4.69) is 24.0 Å². The molecule has 4 rings (SSSR count). The van der Waals surface area contributed by atoms with Crippen molar-refractivity contribution in [3.05, 3.63) is 62.6 Å². The molecule has 1 aliphatic carbocycles. The molecule has 1 fully saturated rings. The van der Waals surface area contributed by atoms with Gasteiger partial charge in [-0.15, -0.1) is 0 Å². The summed E-state index contributed by atoms with van der Waals surface area (Å²) in [5, 5.41) is 7.02. The van der Waals surface area contributed by atoms with Gasteiger partial charge in [0, 0.05) is 30.6 Å². The molecule has 0 atom stereocenters. The number of carbonyl (C=O) groups excluding carboxylic acids is 1. The molecule has 0 spiro atoms. The van der Waals surface area contributed by atoms with Crippen LogP contribution in [0.5, 0.6) is 0 Å². The monoisotopic (exact) mass is 407 g/mol. The van der Waals surface area contributed by atoms with Gasteiger partial charge in [-0.2, -0.15) is 5.10 Å². The first kappa shape index (κ1) is 20.8. The lowest BCUT2D eigenvalue weighted by atomic mass is 9.88. The fraction of sp³-hybridized carbons (Fsp3) is 0.560. The molecule has 1 N–H and O–H groups in total. The quantitative estimate of drug-likeness (QED) is 0.810. The number of piperidine rings is 1. The summed E-state index contributed by atoms with van der Waals surface area (Å²) in [6, 6.07) is 7.94.